The first-order valence-electron chi connectivity index (χ1n) is 11.0. The number of anilines is 1. The standard InChI is InChI=1S/C27H21Cl2N3O3/c1-17-13-26(31-32(17)15-19-9-10-20(28)14-23(19)29)30-27(33)25-12-11-21(35-25)16-34-24-8-4-6-18-5-2-3-7-22(18)24/h2-14H,15-16H2,1H3,(H,30,31,33). The van der Waals surface area contributed by atoms with Gasteiger partial charge in [0.15, 0.2) is 11.6 Å². The summed E-state index contributed by atoms with van der Waals surface area (Å²) in [7, 11) is 0. The summed E-state index contributed by atoms with van der Waals surface area (Å²) >= 11 is 12.3. The van der Waals surface area contributed by atoms with E-state index in [2.05, 4.69) is 10.4 Å². The maximum absolute atomic E-state index is 12.7. The average molecular weight is 506 g/mol. The maximum Gasteiger partial charge on any atom is 0.292 e. The van der Waals surface area contributed by atoms with E-state index >= 15 is 0 Å². The average Bonchev–Trinajstić information content (AvgIpc) is 3.46. The highest BCUT2D eigenvalue weighted by Crippen LogP contribution is 2.26. The number of benzene rings is 3. The molecule has 1 amide bonds. The zero-order valence-electron chi connectivity index (χ0n) is 18.8. The van der Waals surface area contributed by atoms with Gasteiger partial charge in [-0.05, 0) is 48.2 Å². The number of hydrogen-bond donors (Lipinski definition) is 1. The number of halogens is 2. The van der Waals surface area contributed by atoms with Crippen LogP contribution < -0.4 is 10.1 Å². The zero-order valence-corrected chi connectivity index (χ0v) is 20.3. The lowest BCUT2D eigenvalue weighted by atomic mass is 10.1. The molecule has 0 atom stereocenters. The predicted octanol–water partition coefficient (Wildman–Crippen LogP) is 7.12. The second-order valence-corrected chi connectivity index (χ2v) is 8.89. The van der Waals surface area contributed by atoms with Crippen LogP contribution in [0.3, 0.4) is 0 Å². The van der Waals surface area contributed by atoms with E-state index in [0.717, 1.165) is 27.8 Å². The van der Waals surface area contributed by atoms with E-state index < -0.39 is 5.91 Å². The lowest BCUT2D eigenvalue weighted by Gasteiger charge is -2.08. The summed E-state index contributed by atoms with van der Waals surface area (Å²) in [5.74, 6) is 1.50. The molecule has 8 heteroatoms. The van der Waals surface area contributed by atoms with Crippen LogP contribution in [0.2, 0.25) is 10.0 Å². The first-order chi connectivity index (χ1) is 17.0. The van der Waals surface area contributed by atoms with Gasteiger partial charge in [0.25, 0.3) is 5.91 Å². The molecule has 3 aromatic carbocycles. The van der Waals surface area contributed by atoms with Crippen molar-refractivity contribution in [2.45, 2.75) is 20.1 Å². The van der Waals surface area contributed by atoms with Gasteiger partial charge in [-0.25, -0.2) is 0 Å². The van der Waals surface area contributed by atoms with E-state index in [1.54, 1.807) is 35.0 Å². The maximum atomic E-state index is 12.7. The van der Waals surface area contributed by atoms with Crippen LogP contribution in [0.5, 0.6) is 5.75 Å². The summed E-state index contributed by atoms with van der Waals surface area (Å²) in [6.45, 7) is 2.56. The van der Waals surface area contributed by atoms with Crippen molar-refractivity contribution < 1.29 is 13.9 Å². The molecule has 0 aliphatic heterocycles. The Labute approximate surface area is 212 Å². The number of ether oxygens (including phenoxy) is 1. The van der Waals surface area contributed by atoms with Crippen LogP contribution >= 0.6 is 23.2 Å². The van der Waals surface area contributed by atoms with Crippen molar-refractivity contribution in [2.24, 2.45) is 0 Å². The molecule has 1 N–H and O–H groups in total. The lowest BCUT2D eigenvalue weighted by molar-refractivity contribution is 0.0992. The molecule has 0 radical (unpaired) electrons. The number of carbonyl (C=O) groups is 1. The first kappa shape index (κ1) is 23.0. The molecule has 0 unspecified atom stereocenters. The molecule has 5 rings (SSSR count). The molecule has 6 nitrogen and oxygen atoms in total. The fourth-order valence-electron chi connectivity index (χ4n) is 3.77. The highest BCUT2D eigenvalue weighted by Gasteiger charge is 2.15. The quantitative estimate of drug-likeness (QED) is 0.255. The van der Waals surface area contributed by atoms with Gasteiger partial charge in [-0.1, -0.05) is 65.7 Å². The van der Waals surface area contributed by atoms with E-state index in [0.29, 0.717) is 28.2 Å². The van der Waals surface area contributed by atoms with Gasteiger partial charge in [-0.2, -0.15) is 5.10 Å². The molecule has 0 spiro atoms. The van der Waals surface area contributed by atoms with Gasteiger partial charge in [-0.15, -0.1) is 0 Å². The summed E-state index contributed by atoms with van der Waals surface area (Å²) in [5, 5.41) is 10.5. The minimum atomic E-state index is -0.393. The van der Waals surface area contributed by atoms with E-state index in [-0.39, 0.29) is 12.4 Å². The number of nitrogens with one attached hydrogen (secondary N) is 1. The van der Waals surface area contributed by atoms with Crippen molar-refractivity contribution in [2.75, 3.05) is 5.32 Å². The molecule has 176 valence electrons. The smallest absolute Gasteiger partial charge is 0.292 e. The van der Waals surface area contributed by atoms with Crippen LogP contribution in [0.4, 0.5) is 5.82 Å². The Morgan fingerprint density at radius 2 is 1.86 bits per heavy atom. The number of hydrogen-bond acceptors (Lipinski definition) is 4. The SMILES string of the molecule is Cc1cc(NC(=O)c2ccc(COc3cccc4ccccc34)o2)nn1Cc1ccc(Cl)cc1Cl. The topological polar surface area (TPSA) is 69.3 Å². The minimum absolute atomic E-state index is 0.175. The third kappa shape index (κ3) is 5.19. The summed E-state index contributed by atoms with van der Waals surface area (Å²) < 4.78 is 13.4. The molecule has 0 aliphatic rings. The number of aromatic nitrogens is 2. The molecule has 0 aliphatic carbocycles. The fraction of sp³-hybridized carbons (Fsp3) is 0.111. The zero-order chi connectivity index (χ0) is 24.4. The minimum Gasteiger partial charge on any atom is -0.485 e. The Bertz CT molecular complexity index is 1520. The second kappa shape index (κ2) is 9.86. The number of nitrogens with zero attached hydrogens (tertiary/aromatic N) is 2. The monoisotopic (exact) mass is 505 g/mol. The van der Waals surface area contributed by atoms with E-state index in [1.165, 1.54) is 0 Å². The van der Waals surface area contributed by atoms with Crippen molar-refractivity contribution in [3.63, 3.8) is 0 Å². The van der Waals surface area contributed by atoms with Crippen LogP contribution in [0, 0.1) is 6.92 Å². The molecule has 0 bridgehead atoms. The number of carbonyl (C=O) groups excluding carboxylic acids is 1. The van der Waals surface area contributed by atoms with Gasteiger partial charge in [-0.3, -0.25) is 9.48 Å². The first-order valence-corrected chi connectivity index (χ1v) is 11.7. The molecule has 0 saturated carbocycles. The molecular formula is C27H21Cl2N3O3. The highest BCUT2D eigenvalue weighted by atomic mass is 35.5. The van der Waals surface area contributed by atoms with Crippen molar-refractivity contribution in [3.05, 3.63) is 112 Å². The molecule has 0 fully saturated rings. The molecular weight excluding hydrogens is 485 g/mol. The Balaban J connectivity index is 1.23. The summed E-state index contributed by atoms with van der Waals surface area (Å²) in [5.41, 5.74) is 1.75. The Morgan fingerprint density at radius 3 is 2.71 bits per heavy atom. The predicted molar refractivity (Wildman–Crippen MR) is 137 cm³/mol. The highest BCUT2D eigenvalue weighted by molar-refractivity contribution is 6.35. The molecule has 2 aromatic heterocycles. The fourth-order valence-corrected chi connectivity index (χ4v) is 4.24. The van der Waals surface area contributed by atoms with Crippen molar-refractivity contribution in [3.8, 4) is 5.75 Å². The second-order valence-electron chi connectivity index (χ2n) is 8.05. The number of fused-ring (bicyclic) bond motifs is 1. The van der Waals surface area contributed by atoms with E-state index in [1.807, 2.05) is 55.5 Å². The van der Waals surface area contributed by atoms with Gasteiger partial charge < -0.3 is 14.5 Å². The van der Waals surface area contributed by atoms with Crippen LogP contribution in [0.1, 0.15) is 27.6 Å². The van der Waals surface area contributed by atoms with Crippen molar-refractivity contribution in [1.29, 1.82) is 0 Å². The Morgan fingerprint density at radius 1 is 1.03 bits per heavy atom. The van der Waals surface area contributed by atoms with Gasteiger partial charge in [0.1, 0.15) is 18.1 Å². The number of furan rings is 1. The van der Waals surface area contributed by atoms with Crippen LogP contribution in [0.15, 0.2) is 83.3 Å². The molecule has 0 saturated heterocycles. The number of amides is 1. The van der Waals surface area contributed by atoms with Gasteiger partial charge >= 0.3 is 0 Å². The summed E-state index contributed by atoms with van der Waals surface area (Å²) in [6, 6.07) is 24.4. The Kier molecular flexibility index (Phi) is 6.49. The lowest BCUT2D eigenvalue weighted by Crippen LogP contribution is -2.12. The third-order valence-corrected chi connectivity index (χ3v) is 6.15. The van der Waals surface area contributed by atoms with Gasteiger partial charge in [0.2, 0.25) is 0 Å². The largest absolute Gasteiger partial charge is 0.485 e. The van der Waals surface area contributed by atoms with Gasteiger partial charge in [0.05, 0.1) is 6.54 Å². The van der Waals surface area contributed by atoms with Crippen LogP contribution in [-0.4, -0.2) is 15.7 Å². The normalized spacial score (nSPS) is 11.1. The van der Waals surface area contributed by atoms with Gasteiger partial charge in [0, 0.05) is 27.2 Å². The summed E-state index contributed by atoms with van der Waals surface area (Å²) in [6.07, 6.45) is 0. The third-order valence-electron chi connectivity index (χ3n) is 5.56. The molecule has 5 aromatic rings. The number of rotatable bonds is 7. The van der Waals surface area contributed by atoms with E-state index in [4.69, 9.17) is 32.4 Å². The molecule has 2 heterocycles. The van der Waals surface area contributed by atoms with Crippen molar-refractivity contribution >= 4 is 45.7 Å². The summed E-state index contributed by atoms with van der Waals surface area (Å²) in [4.78, 5) is 12.7. The van der Waals surface area contributed by atoms with Crippen LogP contribution in [-0.2, 0) is 13.2 Å². The van der Waals surface area contributed by atoms with Crippen molar-refractivity contribution in [1.82, 2.24) is 9.78 Å². The van der Waals surface area contributed by atoms with E-state index in [9.17, 15) is 4.79 Å². The van der Waals surface area contributed by atoms with Crippen LogP contribution in [0.25, 0.3) is 10.8 Å². The molecule has 35 heavy (non-hydrogen) atoms. The number of aryl methyl sites for hydroxylation is 1. The Hall–Kier alpha value is -3.74.